The number of H-pyrrole nitrogens is 1. The molecular weight excluding hydrogens is 353 g/mol. The van der Waals surface area contributed by atoms with Crippen LogP contribution in [0.1, 0.15) is 35.2 Å². The summed E-state index contributed by atoms with van der Waals surface area (Å²) in [5.74, 6) is 1.09. The highest BCUT2D eigenvalue weighted by atomic mass is 19.1. The zero-order valence-corrected chi connectivity index (χ0v) is 15.8. The van der Waals surface area contributed by atoms with Crippen LogP contribution < -0.4 is 0 Å². The molecule has 5 heteroatoms. The molecule has 28 heavy (non-hydrogen) atoms. The summed E-state index contributed by atoms with van der Waals surface area (Å²) in [4.78, 5) is 22.3. The van der Waals surface area contributed by atoms with Crippen LogP contribution in [0.5, 0.6) is 0 Å². The number of halogens is 1. The van der Waals surface area contributed by atoms with Crippen molar-refractivity contribution in [3.05, 3.63) is 77.9 Å². The predicted molar refractivity (Wildman–Crippen MR) is 107 cm³/mol. The number of aryl methyl sites for hydroxylation is 1. The molecule has 0 saturated carbocycles. The number of hydrogen-bond acceptors (Lipinski definition) is 2. The highest BCUT2D eigenvalue weighted by molar-refractivity contribution is 5.95. The van der Waals surface area contributed by atoms with Gasteiger partial charge in [0.1, 0.15) is 11.6 Å². The van der Waals surface area contributed by atoms with E-state index in [2.05, 4.69) is 9.97 Å². The monoisotopic (exact) mass is 377 g/mol. The Hall–Kier alpha value is -2.95. The second kappa shape index (κ2) is 8.38. The van der Waals surface area contributed by atoms with Gasteiger partial charge in [0.05, 0.1) is 0 Å². The van der Waals surface area contributed by atoms with Gasteiger partial charge in [0, 0.05) is 36.6 Å². The molecule has 1 atom stereocenters. The molecule has 0 radical (unpaired) electrons. The summed E-state index contributed by atoms with van der Waals surface area (Å²) in [5.41, 5.74) is 2.35. The second-order valence-corrected chi connectivity index (χ2v) is 7.41. The molecule has 2 heterocycles. The average Bonchev–Trinajstić information content (AvgIpc) is 3.28. The standard InChI is InChI=1S/C23H24FN3O/c24-21-9-2-1-6-18(21)11-10-17-5-4-14-27(16-17)23(28)20-8-3-7-19(15-20)22-25-12-13-26-22/h1-3,6-9,12-13,15,17H,4-5,10-11,14,16H2,(H,25,26)/t17-/m1/s1. The third-order valence-electron chi connectivity index (χ3n) is 5.47. The number of carbonyl (C=O) groups is 1. The first-order chi connectivity index (χ1) is 13.7. The molecule has 1 aliphatic heterocycles. The summed E-state index contributed by atoms with van der Waals surface area (Å²) in [6.07, 6.45) is 7.17. The maximum Gasteiger partial charge on any atom is 0.253 e. The molecule has 144 valence electrons. The largest absolute Gasteiger partial charge is 0.345 e. The maximum absolute atomic E-state index is 13.9. The number of hydrogen-bond donors (Lipinski definition) is 1. The fraction of sp³-hybridized carbons (Fsp3) is 0.304. The van der Waals surface area contributed by atoms with Crippen molar-refractivity contribution in [1.82, 2.24) is 14.9 Å². The zero-order valence-electron chi connectivity index (χ0n) is 15.8. The normalized spacial score (nSPS) is 16.9. The van der Waals surface area contributed by atoms with E-state index < -0.39 is 0 Å². The van der Waals surface area contributed by atoms with Crippen LogP contribution in [0.4, 0.5) is 4.39 Å². The molecule has 1 aromatic heterocycles. The van der Waals surface area contributed by atoms with Gasteiger partial charge in [-0.2, -0.15) is 0 Å². The van der Waals surface area contributed by atoms with E-state index in [0.717, 1.165) is 49.3 Å². The van der Waals surface area contributed by atoms with Crippen molar-refractivity contribution in [2.45, 2.75) is 25.7 Å². The Kier molecular flexibility index (Phi) is 5.51. The van der Waals surface area contributed by atoms with Crippen molar-refractivity contribution in [1.29, 1.82) is 0 Å². The first-order valence-corrected chi connectivity index (χ1v) is 9.83. The van der Waals surface area contributed by atoms with Crippen molar-refractivity contribution < 1.29 is 9.18 Å². The van der Waals surface area contributed by atoms with Gasteiger partial charge in [0.15, 0.2) is 0 Å². The van der Waals surface area contributed by atoms with Crippen LogP contribution in [-0.2, 0) is 6.42 Å². The van der Waals surface area contributed by atoms with Gasteiger partial charge in [-0.25, -0.2) is 9.37 Å². The third kappa shape index (κ3) is 4.14. The molecule has 1 aliphatic rings. The summed E-state index contributed by atoms with van der Waals surface area (Å²) < 4.78 is 13.9. The van der Waals surface area contributed by atoms with E-state index in [1.54, 1.807) is 18.5 Å². The number of nitrogens with one attached hydrogen (secondary N) is 1. The molecule has 0 aliphatic carbocycles. The molecule has 0 spiro atoms. The van der Waals surface area contributed by atoms with Gasteiger partial charge in [-0.3, -0.25) is 4.79 Å². The van der Waals surface area contributed by atoms with Gasteiger partial charge in [-0.1, -0.05) is 30.3 Å². The summed E-state index contributed by atoms with van der Waals surface area (Å²) >= 11 is 0. The van der Waals surface area contributed by atoms with Crippen LogP contribution in [0, 0.1) is 11.7 Å². The minimum Gasteiger partial charge on any atom is -0.345 e. The average molecular weight is 377 g/mol. The molecule has 1 N–H and O–H groups in total. The van der Waals surface area contributed by atoms with E-state index in [4.69, 9.17) is 0 Å². The molecular formula is C23H24FN3O. The van der Waals surface area contributed by atoms with Gasteiger partial charge < -0.3 is 9.88 Å². The van der Waals surface area contributed by atoms with Crippen LogP contribution >= 0.6 is 0 Å². The highest BCUT2D eigenvalue weighted by Gasteiger charge is 2.24. The molecule has 1 fully saturated rings. The number of aromatic nitrogens is 2. The molecule has 4 rings (SSSR count). The van der Waals surface area contributed by atoms with Crippen LogP contribution in [0.2, 0.25) is 0 Å². The lowest BCUT2D eigenvalue weighted by atomic mass is 9.91. The molecule has 1 amide bonds. The van der Waals surface area contributed by atoms with Crippen LogP contribution in [0.15, 0.2) is 60.9 Å². The molecule has 0 unspecified atom stereocenters. The first kappa shape index (κ1) is 18.4. The van der Waals surface area contributed by atoms with Crippen molar-refractivity contribution >= 4 is 5.91 Å². The third-order valence-corrected chi connectivity index (χ3v) is 5.47. The van der Waals surface area contributed by atoms with Crippen LogP contribution in [-0.4, -0.2) is 33.9 Å². The zero-order chi connectivity index (χ0) is 19.3. The second-order valence-electron chi connectivity index (χ2n) is 7.41. The van der Waals surface area contributed by atoms with Gasteiger partial charge in [0.2, 0.25) is 0 Å². The van der Waals surface area contributed by atoms with Crippen molar-refractivity contribution in [3.63, 3.8) is 0 Å². The van der Waals surface area contributed by atoms with E-state index in [-0.39, 0.29) is 11.7 Å². The van der Waals surface area contributed by atoms with Gasteiger partial charge in [0.25, 0.3) is 5.91 Å². The Morgan fingerprint density at radius 1 is 1.21 bits per heavy atom. The molecule has 0 bridgehead atoms. The lowest BCUT2D eigenvalue weighted by Crippen LogP contribution is -2.40. The van der Waals surface area contributed by atoms with Gasteiger partial charge >= 0.3 is 0 Å². The lowest BCUT2D eigenvalue weighted by molar-refractivity contribution is 0.0668. The lowest BCUT2D eigenvalue weighted by Gasteiger charge is -2.33. The van der Waals surface area contributed by atoms with Crippen molar-refractivity contribution in [3.8, 4) is 11.4 Å². The number of nitrogens with zero attached hydrogens (tertiary/aromatic N) is 2. The van der Waals surface area contributed by atoms with E-state index in [0.29, 0.717) is 17.9 Å². The minimum atomic E-state index is -0.138. The van der Waals surface area contributed by atoms with E-state index in [1.807, 2.05) is 41.3 Å². The number of aromatic amines is 1. The van der Waals surface area contributed by atoms with Gasteiger partial charge in [-0.05, 0) is 55.4 Å². The summed E-state index contributed by atoms with van der Waals surface area (Å²) in [6.45, 7) is 1.51. The Balaban J connectivity index is 1.41. The topological polar surface area (TPSA) is 49.0 Å². The summed E-state index contributed by atoms with van der Waals surface area (Å²) in [5, 5.41) is 0. The molecule has 1 saturated heterocycles. The fourth-order valence-corrected chi connectivity index (χ4v) is 3.95. The Labute approximate surface area is 164 Å². The maximum atomic E-state index is 13.9. The van der Waals surface area contributed by atoms with E-state index in [9.17, 15) is 9.18 Å². The number of rotatable bonds is 5. The fourth-order valence-electron chi connectivity index (χ4n) is 3.95. The molecule has 2 aromatic carbocycles. The van der Waals surface area contributed by atoms with Gasteiger partial charge in [-0.15, -0.1) is 0 Å². The number of amides is 1. The molecule has 4 nitrogen and oxygen atoms in total. The number of piperidine rings is 1. The van der Waals surface area contributed by atoms with E-state index in [1.165, 1.54) is 6.07 Å². The smallest absolute Gasteiger partial charge is 0.253 e. The Morgan fingerprint density at radius 2 is 2.11 bits per heavy atom. The Morgan fingerprint density at radius 3 is 2.93 bits per heavy atom. The van der Waals surface area contributed by atoms with E-state index >= 15 is 0 Å². The minimum absolute atomic E-state index is 0.0593. The van der Waals surface area contributed by atoms with Crippen molar-refractivity contribution in [2.24, 2.45) is 5.92 Å². The predicted octanol–water partition coefficient (Wildman–Crippen LogP) is 4.70. The SMILES string of the molecule is O=C(c1cccc(-c2ncc[nH]2)c1)N1CCC[C@H](CCc2ccccc2F)C1. The van der Waals surface area contributed by atoms with Crippen molar-refractivity contribution in [2.75, 3.05) is 13.1 Å². The van der Waals surface area contributed by atoms with Crippen LogP contribution in [0.3, 0.4) is 0 Å². The van der Waals surface area contributed by atoms with Crippen LogP contribution in [0.25, 0.3) is 11.4 Å². The Bertz CT molecular complexity index is 939. The summed E-state index contributed by atoms with van der Waals surface area (Å²) in [7, 11) is 0. The number of imidazole rings is 1. The number of benzene rings is 2. The number of carbonyl (C=O) groups excluding carboxylic acids is 1. The summed E-state index contributed by atoms with van der Waals surface area (Å²) in [6, 6.07) is 14.5. The first-order valence-electron chi connectivity index (χ1n) is 9.83. The highest BCUT2D eigenvalue weighted by Crippen LogP contribution is 2.24. The number of likely N-dealkylation sites (tertiary alicyclic amines) is 1. The quantitative estimate of drug-likeness (QED) is 0.701. The molecule has 3 aromatic rings.